The fourth-order valence-electron chi connectivity index (χ4n) is 1.60. The van der Waals surface area contributed by atoms with Crippen molar-refractivity contribution in [1.29, 1.82) is 0 Å². The standard InChI is InChI=1S/C15H12O2.CH4/c16-14(12-7-3-1-4-8-12)11-15(17)13-9-5-2-6-10-13;/h1-10H,11H2;1H4. The average molecular weight is 240 g/mol. The van der Waals surface area contributed by atoms with Crippen LogP contribution in [0.2, 0.25) is 0 Å². The molecule has 18 heavy (non-hydrogen) atoms. The van der Waals surface area contributed by atoms with Crippen molar-refractivity contribution in [2.45, 2.75) is 13.8 Å². The molecule has 0 unspecified atom stereocenters. The van der Waals surface area contributed by atoms with Crippen LogP contribution in [-0.4, -0.2) is 11.6 Å². The van der Waals surface area contributed by atoms with Gasteiger partial charge >= 0.3 is 0 Å². The summed E-state index contributed by atoms with van der Waals surface area (Å²) in [6.45, 7) is 0. The van der Waals surface area contributed by atoms with Gasteiger partial charge < -0.3 is 0 Å². The van der Waals surface area contributed by atoms with Gasteiger partial charge in [-0.25, -0.2) is 0 Å². The Morgan fingerprint density at radius 2 is 1.00 bits per heavy atom. The molecule has 0 atom stereocenters. The molecule has 0 saturated heterocycles. The summed E-state index contributed by atoms with van der Waals surface area (Å²) in [5.41, 5.74) is 1.16. The lowest BCUT2D eigenvalue weighted by atomic mass is 10.0. The predicted molar refractivity (Wildman–Crippen MR) is 72.9 cm³/mol. The summed E-state index contributed by atoms with van der Waals surface area (Å²) in [7, 11) is 0. The molecule has 2 heteroatoms. The molecule has 2 aromatic rings. The van der Waals surface area contributed by atoms with E-state index in [-0.39, 0.29) is 25.4 Å². The van der Waals surface area contributed by atoms with Gasteiger partial charge in [0.1, 0.15) is 0 Å². The van der Waals surface area contributed by atoms with E-state index in [1.54, 1.807) is 48.5 Å². The fraction of sp³-hybridized carbons (Fsp3) is 0.125. The molecule has 0 amide bonds. The lowest BCUT2D eigenvalue weighted by molar-refractivity contribution is 0.0894. The molecular weight excluding hydrogens is 224 g/mol. The fourth-order valence-corrected chi connectivity index (χ4v) is 1.60. The minimum atomic E-state index is -0.139. The summed E-state index contributed by atoms with van der Waals surface area (Å²) < 4.78 is 0. The van der Waals surface area contributed by atoms with Crippen LogP contribution in [0.4, 0.5) is 0 Å². The topological polar surface area (TPSA) is 34.1 Å². The van der Waals surface area contributed by atoms with E-state index in [9.17, 15) is 9.59 Å². The van der Waals surface area contributed by atoms with E-state index in [1.807, 2.05) is 12.1 Å². The second-order valence-electron chi connectivity index (χ2n) is 3.76. The number of rotatable bonds is 4. The molecule has 0 heterocycles. The van der Waals surface area contributed by atoms with Crippen molar-refractivity contribution in [3.8, 4) is 0 Å². The Labute approximate surface area is 107 Å². The van der Waals surface area contributed by atoms with Crippen molar-refractivity contribution < 1.29 is 9.59 Å². The first-order valence-electron chi connectivity index (χ1n) is 5.44. The van der Waals surface area contributed by atoms with E-state index in [4.69, 9.17) is 0 Å². The molecule has 0 spiro atoms. The Morgan fingerprint density at radius 1 is 0.667 bits per heavy atom. The van der Waals surface area contributed by atoms with Gasteiger partial charge in [-0.05, 0) is 0 Å². The molecule has 92 valence electrons. The van der Waals surface area contributed by atoms with E-state index >= 15 is 0 Å². The highest BCUT2D eigenvalue weighted by Crippen LogP contribution is 2.08. The average Bonchev–Trinajstić information content (AvgIpc) is 2.40. The number of Topliss-reactive ketones (excluding diaryl/α,β-unsaturated/α-hetero) is 2. The lowest BCUT2D eigenvalue weighted by Gasteiger charge is -2.00. The van der Waals surface area contributed by atoms with Crippen molar-refractivity contribution in [3.05, 3.63) is 71.8 Å². The van der Waals surface area contributed by atoms with Crippen molar-refractivity contribution in [2.24, 2.45) is 0 Å². The molecule has 0 saturated carbocycles. The number of carbonyl (C=O) groups excluding carboxylic acids is 2. The number of carbonyl (C=O) groups is 2. The minimum Gasteiger partial charge on any atom is -0.294 e. The molecule has 0 N–H and O–H groups in total. The maximum atomic E-state index is 11.8. The largest absolute Gasteiger partial charge is 0.294 e. The third kappa shape index (κ3) is 3.39. The molecule has 0 fully saturated rings. The first kappa shape index (κ1) is 13.8. The molecule has 0 radical (unpaired) electrons. The van der Waals surface area contributed by atoms with E-state index < -0.39 is 0 Å². The van der Waals surface area contributed by atoms with Crippen LogP contribution >= 0.6 is 0 Å². The first-order valence-corrected chi connectivity index (χ1v) is 5.44. The monoisotopic (exact) mass is 240 g/mol. The molecule has 0 bridgehead atoms. The van der Waals surface area contributed by atoms with Crippen LogP contribution in [0, 0.1) is 0 Å². The van der Waals surface area contributed by atoms with E-state index in [0.29, 0.717) is 11.1 Å². The summed E-state index contributed by atoms with van der Waals surface area (Å²) >= 11 is 0. The molecule has 0 aromatic heterocycles. The molecule has 0 aliphatic rings. The maximum Gasteiger partial charge on any atom is 0.170 e. The minimum absolute atomic E-state index is 0. The Balaban J connectivity index is 0.00000162. The number of hydrogen-bond donors (Lipinski definition) is 0. The Kier molecular flexibility index (Phi) is 5.00. The third-order valence-corrected chi connectivity index (χ3v) is 2.51. The highest BCUT2D eigenvalue weighted by Gasteiger charge is 2.12. The van der Waals surface area contributed by atoms with Gasteiger partial charge in [-0.1, -0.05) is 68.1 Å². The van der Waals surface area contributed by atoms with Crippen LogP contribution in [0.3, 0.4) is 0 Å². The zero-order valence-corrected chi connectivity index (χ0v) is 9.30. The van der Waals surface area contributed by atoms with Crippen LogP contribution < -0.4 is 0 Å². The summed E-state index contributed by atoms with van der Waals surface area (Å²) in [6.07, 6.45) is -0.0754. The first-order chi connectivity index (χ1) is 8.27. The molecule has 0 aliphatic carbocycles. The summed E-state index contributed by atoms with van der Waals surface area (Å²) in [5, 5.41) is 0. The van der Waals surface area contributed by atoms with Gasteiger partial charge in [0.15, 0.2) is 11.6 Å². The Hall–Kier alpha value is -2.22. The van der Waals surface area contributed by atoms with E-state index in [2.05, 4.69) is 0 Å². The molecular formula is C16H16O2. The van der Waals surface area contributed by atoms with E-state index in [1.165, 1.54) is 0 Å². The van der Waals surface area contributed by atoms with Crippen molar-refractivity contribution in [1.82, 2.24) is 0 Å². The van der Waals surface area contributed by atoms with Crippen LogP contribution in [-0.2, 0) is 0 Å². The summed E-state index contributed by atoms with van der Waals surface area (Å²) in [6, 6.07) is 17.7. The van der Waals surface area contributed by atoms with Crippen LogP contribution in [0.5, 0.6) is 0 Å². The van der Waals surface area contributed by atoms with Crippen molar-refractivity contribution >= 4 is 11.6 Å². The van der Waals surface area contributed by atoms with Gasteiger partial charge in [-0.3, -0.25) is 9.59 Å². The van der Waals surface area contributed by atoms with Gasteiger partial charge in [-0.2, -0.15) is 0 Å². The maximum absolute atomic E-state index is 11.8. The Bertz CT molecular complexity index is 466. The van der Waals surface area contributed by atoms with Gasteiger partial charge in [0.25, 0.3) is 0 Å². The number of ketones is 2. The van der Waals surface area contributed by atoms with Crippen LogP contribution in [0.15, 0.2) is 60.7 Å². The molecule has 0 aliphatic heterocycles. The van der Waals surface area contributed by atoms with Crippen molar-refractivity contribution in [3.63, 3.8) is 0 Å². The zero-order chi connectivity index (χ0) is 12.1. The second-order valence-corrected chi connectivity index (χ2v) is 3.76. The molecule has 2 rings (SSSR count). The lowest BCUT2D eigenvalue weighted by Crippen LogP contribution is -2.08. The molecule has 2 nitrogen and oxygen atoms in total. The summed E-state index contributed by atoms with van der Waals surface area (Å²) in [4.78, 5) is 23.6. The Morgan fingerprint density at radius 3 is 1.33 bits per heavy atom. The quantitative estimate of drug-likeness (QED) is 0.602. The number of hydrogen-bond acceptors (Lipinski definition) is 2. The normalized spacial score (nSPS) is 9.33. The highest BCUT2D eigenvalue weighted by atomic mass is 16.1. The zero-order valence-electron chi connectivity index (χ0n) is 9.30. The van der Waals surface area contributed by atoms with Gasteiger partial charge in [0.05, 0.1) is 6.42 Å². The van der Waals surface area contributed by atoms with Crippen LogP contribution in [0.1, 0.15) is 34.6 Å². The van der Waals surface area contributed by atoms with E-state index in [0.717, 1.165) is 0 Å². The smallest absolute Gasteiger partial charge is 0.170 e. The summed E-state index contributed by atoms with van der Waals surface area (Å²) in [5.74, 6) is -0.279. The predicted octanol–water partition coefficient (Wildman–Crippen LogP) is 3.78. The van der Waals surface area contributed by atoms with Gasteiger partial charge in [-0.15, -0.1) is 0 Å². The molecule has 2 aromatic carbocycles. The van der Waals surface area contributed by atoms with Crippen molar-refractivity contribution in [2.75, 3.05) is 0 Å². The van der Waals surface area contributed by atoms with Gasteiger partial charge in [0.2, 0.25) is 0 Å². The SMILES string of the molecule is C.O=C(CC(=O)c1ccccc1)c1ccccc1. The highest BCUT2D eigenvalue weighted by molar-refractivity contribution is 6.13. The third-order valence-electron chi connectivity index (χ3n) is 2.51. The van der Waals surface area contributed by atoms with Crippen LogP contribution in [0.25, 0.3) is 0 Å². The second kappa shape index (κ2) is 6.50. The van der Waals surface area contributed by atoms with Gasteiger partial charge in [0, 0.05) is 11.1 Å². The number of benzene rings is 2.